The Labute approximate surface area is 222 Å². The molecule has 0 amide bonds. The van der Waals surface area contributed by atoms with E-state index in [9.17, 15) is 9.59 Å². The Morgan fingerprint density at radius 3 is 1.37 bits per heavy atom. The molecule has 5 rings (SSSR count). The maximum atomic E-state index is 12.5. The van der Waals surface area contributed by atoms with Gasteiger partial charge in [0.05, 0.1) is 0 Å². The minimum absolute atomic E-state index is 0.188. The molecule has 0 radical (unpaired) electrons. The van der Waals surface area contributed by atoms with Crippen molar-refractivity contribution in [1.82, 2.24) is 0 Å². The van der Waals surface area contributed by atoms with Crippen molar-refractivity contribution in [3.8, 4) is 0 Å². The van der Waals surface area contributed by atoms with Crippen LogP contribution in [0, 0.1) is 0 Å². The number of hydrogen-bond donors (Lipinski definition) is 0. The molecule has 3 aromatic rings. The number of carbonyl (C=O) groups excluding carboxylic acids is 2. The van der Waals surface area contributed by atoms with Crippen molar-refractivity contribution < 1.29 is 19.1 Å². The molecule has 2 aliphatic heterocycles. The maximum Gasteiger partial charge on any atom is 0.363 e. The molecule has 2 aliphatic rings. The van der Waals surface area contributed by atoms with Gasteiger partial charge in [0.2, 0.25) is 11.8 Å². The number of benzene rings is 3. The summed E-state index contributed by atoms with van der Waals surface area (Å²) in [4.78, 5) is 33.8. The van der Waals surface area contributed by atoms with E-state index in [0.717, 1.165) is 11.1 Å². The lowest BCUT2D eigenvalue weighted by Gasteiger charge is -2.04. The number of esters is 2. The van der Waals surface area contributed by atoms with Crippen LogP contribution in [0.25, 0.3) is 12.2 Å². The molecule has 3 aromatic carbocycles. The molecule has 0 N–H and O–H groups in total. The summed E-state index contributed by atoms with van der Waals surface area (Å²) >= 11 is 0. The van der Waals surface area contributed by atoms with E-state index >= 15 is 0 Å². The fourth-order valence-corrected chi connectivity index (χ4v) is 4.12. The van der Waals surface area contributed by atoms with Gasteiger partial charge in [-0.15, -0.1) is 0 Å². The number of nitrogens with zero attached hydrogens (tertiary/aromatic N) is 2. The number of rotatable bonds is 6. The van der Waals surface area contributed by atoms with Crippen molar-refractivity contribution in [2.24, 2.45) is 9.98 Å². The summed E-state index contributed by atoms with van der Waals surface area (Å²) in [5.41, 5.74) is 5.78. The molecule has 0 saturated carbocycles. The Balaban J connectivity index is 1.37. The third-order valence-corrected chi connectivity index (χ3v) is 6.41. The van der Waals surface area contributed by atoms with Gasteiger partial charge in [-0.05, 0) is 64.4 Å². The summed E-state index contributed by atoms with van der Waals surface area (Å²) in [5.74, 6) is 0.197. The monoisotopic (exact) mass is 504 g/mol. The second kappa shape index (κ2) is 10.4. The van der Waals surface area contributed by atoms with E-state index < -0.39 is 11.9 Å². The van der Waals surface area contributed by atoms with Crippen molar-refractivity contribution in [3.05, 3.63) is 118 Å². The zero-order valence-electron chi connectivity index (χ0n) is 21.8. The first-order valence-electron chi connectivity index (χ1n) is 12.6. The molecule has 0 spiro atoms. The SMILES string of the molecule is CC(C)c1ccc(/C=C2\N=C(c3cccc(C4=N/C(=C\c5ccc(C(C)C)cc5)C(=O)O4)c3)OC2=O)cc1. The van der Waals surface area contributed by atoms with E-state index in [2.05, 4.69) is 37.7 Å². The summed E-state index contributed by atoms with van der Waals surface area (Å²) in [6.07, 6.45) is 3.41. The van der Waals surface area contributed by atoms with E-state index in [1.165, 1.54) is 11.1 Å². The van der Waals surface area contributed by atoms with E-state index in [4.69, 9.17) is 9.47 Å². The first-order chi connectivity index (χ1) is 18.3. The lowest BCUT2D eigenvalue weighted by molar-refractivity contribution is -0.130. The lowest BCUT2D eigenvalue weighted by Crippen LogP contribution is -2.09. The highest BCUT2D eigenvalue weighted by atomic mass is 16.6. The van der Waals surface area contributed by atoms with E-state index in [1.807, 2.05) is 48.5 Å². The lowest BCUT2D eigenvalue weighted by atomic mass is 10.0. The molecule has 6 nitrogen and oxygen atoms in total. The molecule has 38 heavy (non-hydrogen) atoms. The molecule has 6 heteroatoms. The van der Waals surface area contributed by atoms with Crippen LogP contribution in [-0.4, -0.2) is 23.7 Å². The van der Waals surface area contributed by atoms with Gasteiger partial charge in [-0.3, -0.25) is 0 Å². The van der Waals surface area contributed by atoms with Gasteiger partial charge in [0.1, 0.15) is 0 Å². The summed E-state index contributed by atoms with van der Waals surface area (Å²) < 4.78 is 10.9. The second-order valence-corrected chi connectivity index (χ2v) is 9.90. The summed E-state index contributed by atoms with van der Waals surface area (Å²) in [5, 5.41) is 0. The quantitative estimate of drug-likeness (QED) is 0.279. The standard InChI is InChI=1S/C32H28N2O4/c1-19(2)23-12-8-21(9-13-23)16-27-31(35)37-29(33-27)25-6-5-7-26(18-25)30-34-28(32(36)38-30)17-22-10-14-24(15-11-22)20(3)4/h5-20H,1-4H3/b27-16-,28-17-. The van der Waals surface area contributed by atoms with Gasteiger partial charge in [0.15, 0.2) is 11.4 Å². The Morgan fingerprint density at radius 2 is 1.00 bits per heavy atom. The van der Waals surface area contributed by atoms with Crippen LogP contribution in [0.1, 0.15) is 72.9 Å². The van der Waals surface area contributed by atoms with Crippen molar-refractivity contribution in [2.75, 3.05) is 0 Å². The van der Waals surface area contributed by atoms with Crippen molar-refractivity contribution in [1.29, 1.82) is 0 Å². The van der Waals surface area contributed by atoms with Crippen LogP contribution < -0.4 is 0 Å². The second-order valence-electron chi connectivity index (χ2n) is 9.90. The summed E-state index contributed by atoms with van der Waals surface area (Å²) in [7, 11) is 0. The van der Waals surface area contributed by atoms with Crippen LogP contribution in [0.15, 0.2) is 94.2 Å². The van der Waals surface area contributed by atoms with Crippen LogP contribution in [0.3, 0.4) is 0 Å². The van der Waals surface area contributed by atoms with Gasteiger partial charge >= 0.3 is 11.9 Å². The zero-order chi connectivity index (χ0) is 26.8. The molecule has 0 atom stereocenters. The molecule has 0 saturated heterocycles. The highest BCUT2D eigenvalue weighted by Crippen LogP contribution is 2.24. The zero-order valence-corrected chi connectivity index (χ0v) is 21.8. The average Bonchev–Trinajstić information content (AvgIpc) is 3.46. The Bertz CT molecular complexity index is 1410. The number of hydrogen-bond acceptors (Lipinski definition) is 6. The fourth-order valence-electron chi connectivity index (χ4n) is 4.12. The highest BCUT2D eigenvalue weighted by Gasteiger charge is 2.27. The molecule has 0 fully saturated rings. The molecule has 2 heterocycles. The van der Waals surface area contributed by atoms with Crippen LogP contribution in [-0.2, 0) is 19.1 Å². The number of cyclic esters (lactones) is 2. The molecule has 0 bridgehead atoms. The van der Waals surface area contributed by atoms with Gasteiger partial charge in [-0.25, -0.2) is 19.6 Å². The first-order valence-corrected chi connectivity index (χ1v) is 12.6. The largest absolute Gasteiger partial charge is 0.402 e. The van der Waals surface area contributed by atoms with E-state index in [0.29, 0.717) is 23.0 Å². The van der Waals surface area contributed by atoms with Gasteiger partial charge in [-0.1, -0.05) is 82.3 Å². The normalized spacial score (nSPS) is 17.3. The highest BCUT2D eigenvalue weighted by molar-refractivity contribution is 6.15. The van der Waals surface area contributed by atoms with E-state index in [-0.39, 0.29) is 23.2 Å². The average molecular weight is 505 g/mol. The molecular weight excluding hydrogens is 476 g/mol. The van der Waals surface area contributed by atoms with E-state index in [1.54, 1.807) is 36.4 Å². The van der Waals surface area contributed by atoms with Crippen LogP contribution in [0.4, 0.5) is 0 Å². The Hall–Kier alpha value is -4.58. The predicted molar refractivity (Wildman–Crippen MR) is 149 cm³/mol. The molecule has 0 aromatic heterocycles. The fraction of sp³-hybridized carbons (Fsp3) is 0.188. The minimum atomic E-state index is -0.517. The molecule has 0 aliphatic carbocycles. The molecular formula is C32H28N2O4. The molecule has 0 unspecified atom stereocenters. The van der Waals surface area contributed by atoms with Gasteiger partial charge in [-0.2, -0.15) is 0 Å². The third kappa shape index (κ3) is 5.39. The Kier molecular flexibility index (Phi) is 6.88. The predicted octanol–water partition coefficient (Wildman–Crippen LogP) is 6.62. The molecule has 190 valence electrons. The summed E-state index contributed by atoms with van der Waals surface area (Å²) in [6, 6.07) is 23.1. The maximum absolute atomic E-state index is 12.5. The van der Waals surface area contributed by atoms with Crippen molar-refractivity contribution in [2.45, 2.75) is 39.5 Å². The number of aliphatic imine (C=N–C) groups is 2. The van der Waals surface area contributed by atoms with Crippen LogP contribution in [0.5, 0.6) is 0 Å². The van der Waals surface area contributed by atoms with Gasteiger partial charge in [0, 0.05) is 11.1 Å². The number of ether oxygens (including phenoxy) is 2. The van der Waals surface area contributed by atoms with Crippen molar-refractivity contribution >= 4 is 35.9 Å². The van der Waals surface area contributed by atoms with Gasteiger partial charge < -0.3 is 9.47 Å². The minimum Gasteiger partial charge on any atom is -0.402 e. The van der Waals surface area contributed by atoms with Crippen LogP contribution >= 0.6 is 0 Å². The topological polar surface area (TPSA) is 77.3 Å². The Morgan fingerprint density at radius 1 is 0.605 bits per heavy atom. The van der Waals surface area contributed by atoms with Crippen molar-refractivity contribution in [3.63, 3.8) is 0 Å². The summed E-state index contributed by atoms with van der Waals surface area (Å²) in [6.45, 7) is 8.53. The van der Waals surface area contributed by atoms with Crippen LogP contribution in [0.2, 0.25) is 0 Å². The van der Waals surface area contributed by atoms with Gasteiger partial charge in [0.25, 0.3) is 0 Å². The first kappa shape index (κ1) is 25.1. The number of carbonyl (C=O) groups is 2. The third-order valence-electron chi connectivity index (χ3n) is 6.41. The smallest absolute Gasteiger partial charge is 0.363 e.